The van der Waals surface area contributed by atoms with Crippen LogP contribution in [0.15, 0.2) is 42.5 Å². The first-order valence-corrected chi connectivity index (χ1v) is 11.0. The number of amides is 1. The summed E-state index contributed by atoms with van der Waals surface area (Å²) < 4.78 is 20.6. The molecule has 2 heterocycles. The molecule has 1 amide bonds. The number of piperazine rings is 1. The minimum Gasteiger partial charge on any atom is -0.495 e. The van der Waals surface area contributed by atoms with Gasteiger partial charge in [-0.05, 0) is 31.2 Å². The van der Waals surface area contributed by atoms with Crippen molar-refractivity contribution >= 4 is 34.8 Å². The van der Waals surface area contributed by atoms with E-state index in [1.165, 1.54) is 12.1 Å². The Kier molecular flexibility index (Phi) is 6.58. The zero-order chi connectivity index (χ0) is 22.8. The van der Waals surface area contributed by atoms with E-state index in [0.29, 0.717) is 58.9 Å². The van der Waals surface area contributed by atoms with Gasteiger partial charge in [0.05, 0.1) is 28.5 Å². The number of carbonyl (C=O) groups excluding carboxylic acids is 1. The molecule has 1 saturated heterocycles. The van der Waals surface area contributed by atoms with E-state index in [1.54, 1.807) is 30.8 Å². The molecule has 32 heavy (non-hydrogen) atoms. The minimum absolute atomic E-state index is 0.0359. The van der Waals surface area contributed by atoms with Crippen molar-refractivity contribution in [1.82, 2.24) is 14.7 Å². The summed E-state index contributed by atoms with van der Waals surface area (Å²) in [5, 5.41) is 5.40. The van der Waals surface area contributed by atoms with Crippen LogP contribution in [-0.4, -0.2) is 53.9 Å². The summed E-state index contributed by atoms with van der Waals surface area (Å²) in [5.74, 6) is 0.193. The SMILES string of the molecule is COc1cc(N2CCN(C(=O)Cn3nc(C)c(Cl)c3-c3cccc(F)c3)CC2)ccc1Cl. The van der Waals surface area contributed by atoms with Crippen molar-refractivity contribution in [3.05, 3.63) is 64.0 Å². The Morgan fingerprint density at radius 3 is 2.56 bits per heavy atom. The van der Waals surface area contributed by atoms with Crippen LogP contribution in [-0.2, 0) is 11.3 Å². The number of hydrogen-bond acceptors (Lipinski definition) is 4. The fraction of sp³-hybridized carbons (Fsp3) is 0.304. The molecule has 1 aromatic heterocycles. The highest BCUT2D eigenvalue weighted by atomic mass is 35.5. The fourth-order valence-electron chi connectivity index (χ4n) is 3.87. The van der Waals surface area contributed by atoms with Crippen molar-refractivity contribution in [2.45, 2.75) is 13.5 Å². The van der Waals surface area contributed by atoms with Gasteiger partial charge in [0.2, 0.25) is 5.91 Å². The highest BCUT2D eigenvalue weighted by molar-refractivity contribution is 6.33. The first kappa shape index (κ1) is 22.4. The number of methoxy groups -OCH3 is 1. The van der Waals surface area contributed by atoms with Crippen molar-refractivity contribution in [3.63, 3.8) is 0 Å². The molecule has 4 rings (SSSR count). The quantitative estimate of drug-likeness (QED) is 0.537. The number of anilines is 1. The molecule has 0 bridgehead atoms. The molecular weight excluding hydrogens is 454 g/mol. The van der Waals surface area contributed by atoms with E-state index in [1.807, 2.05) is 23.1 Å². The summed E-state index contributed by atoms with van der Waals surface area (Å²) >= 11 is 12.6. The van der Waals surface area contributed by atoms with E-state index in [9.17, 15) is 9.18 Å². The first-order valence-electron chi connectivity index (χ1n) is 10.2. The number of nitrogens with zero attached hydrogens (tertiary/aromatic N) is 4. The van der Waals surface area contributed by atoms with Gasteiger partial charge in [0.1, 0.15) is 18.1 Å². The van der Waals surface area contributed by atoms with Gasteiger partial charge in [0, 0.05) is 43.5 Å². The molecule has 0 N–H and O–H groups in total. The normalized spacial score (nSPS) is 14.0. The molecule has 3 aromatic rings. The van der Waals surface area contributed by atoms with E-state index in [-0.39, 0.29) is 18.3 Å². The second-order valence-electron chi connectivity index (χ2n) is 7.60. The van der Waals surface area contributed by atoms with Crippen molar-refractivity contribution in [2.75, 3.05) is 38.2 Å². The van der Waals surface area contributed by atoms with E-state index >= 15 is 0 Å². The summed E-state index contributed by atoms with van der Waals surface area (Å²) in [6.45, 7) is 4.33. The molecule has 0 saturated carbocycles. The third-order valence-electron chi connectivity index (χ3n) is 5.57. The van der Waals surface area contributed by atoms with Gasteiger partial charge in [0.15, 0.2) is 0 Å². The number of aryl methyl sites for hydroxylation is 1. The molecule has 1 aliphatic rings. The van der Waals surface area contributed by atoms with Gasteiger partial charge in [-0.1, -0.05) is 35.3 Å². The Bertz CT molecular complexity index is 1140. The summed E-state index contributed by atoms with van der Waals surface area (Å²) in [5.41, 5.74) is 2.73. The molecule has 6 nitrogen and oxygen atoms in total. The van der Waals surface area contributed by atoms with Crippen LogP contribution in [0.1, 0.15) is 5.69 Å². The maximum atomic E-state index is 13.8. The topological polar surface area (TPSA) is 50.6 Å². The highest BCUT2D eigenvalue weighted by Crippen LogP contribution is 2.32. The molecule has 1 fully saturated rings. The molecule has 0 radical (unpaired) electrons. The van der Waals surface area contributed by atoms with Crippen LogP contribution < -0.4 is 9.64 Å². The zero-order valence-electron chi connectivity index (χ0n) is 17.8. The van der Waals surface area contributed by atoms with Crippen LogP contribution in [0, 0.1) is 12.7 Å². The zero-order valence-corrected chi connectivity index (χ0v) is 19.3. The average molecular weight is 477 g/mol. The Balaban J connectivity index is 1.46. The molecule has 2 aromatic carbocycles. The molecule has 0 spiro atoms. The largest absolute Gasteiger partial charge is 0.495 e. The summed E-state index contributed by atoms with van der Waals surface area (Å²) in [4.78, 5) is 17.0. The third kappa shape index (κ3) is 4.54. The predicted octanol–water partition coefficient (Wildman–Crippen LogP) is 4.66. The molecule has 0 atom stereocenters. The molecule has 0 unspecified atom stereocenters. The van der Waals surface area contributed by atoms with Gasteiger partial charge in [-0.2, -0.15) is 5.10 Å². The number of carbonyl (C=O) groups is 1. The first-order chi connectivity index (χ1) is 15.4. The number of benzene rings is 2. The molecular formula is C23H23Cl2FN4O2. The minimum atomic E-state index is -0.370. The van der Waals surface area contributed by atoms with Gasteiger partial charge in [-0.3, -0.25) is 9.48 Å². The van der Waals surface area contributed by atoms with Gasteiger partial charge < -0.3 is 14.5 Å². The van der Waals surface area contributed by atoms with Crippen LogP contribution >= 0.6 is 23.2 Å². The van der Waals surface area contributed by atoms with Crippen molar-refractivity contribution in [3.8, 4) is 17.0 Å². The Hall–Kier alpha value is -2.77. The molecule has 0 aliphatic carbocycles. The molecule has 9 heteroatoms. The number of rotatable bonds is 5. The highest BCUT2D eigenvalue weighted by Gasteiger charge is 2.24. The lowest BCUT2D eigenvalue weighted by Gasteiger charge is -2.36. The Labute approximate surface area is 196 Å². The van der Waals surface area contributed by atoms with Crippen LogP contribution in [0.4, 0.5) is 10.1 Å². The second-order valence-corrected chi connectivity index (χ2v) is 8.39. The van der Waals surface area contributed by atoms with Gasteiger partial charge in [-0.25, -0.2) is 4.39 Å². The van der Waals surface area contributed by atoms with Crippen LogP contribution in [0.25, 0.3) is 11.3 Å². The number of ether oxygens (including phenoxy) is 1. The lowest BCUT2D eigenvalue weighted by molar-refractivity contribution is -0.132. The van der Waals surface area contributed by atoms with E-state index < -0.39 is 0 Å². The maximum absolute atomic E-state index is 13.8. The van der Waals surface area contributed by atoms with Crippen molar-refractivity contribution in [2.24, 2.45) is 0 Å². The number of hydrogen-bond donors (Lipinski definition) is 0. The van der Waals surface area contributed by atoms with E-state index in [0.717, 1.165) is 5.69 Å². The van der Waals surface area contributed by atoms with Crippen molar-refractivity contribution < 1.29 is 13.9 Å². The lowest BCUT2D eigenvalue weighted by Crippen LogP contribution is -2.49. The number of halogens is 3. The van der Waals surface area contributed by atoms with Gasteiger partial charge >= 0.3 is 0 Å². The second kappa shape index (κ2) is 9.38. The predicted molar refractivity (Wildman–Crippen MR) is 124 cm³/mol. The summed E-state index contributed by atoms with van der Waals surface area (Å²) in [7, 11) is 1.59. The Morgan fingerprint density at radius 1 is 1.12 bits per heavy atom. The fourth-order valence-corrected chi connectivity index (χ4v) is 4.31. The Morgan fingerprint density at radius 2 is 1.88 bits per heavy atom. The standard InChI is InChI=1S/C23H23Cl2FN4O2/c1-15-22(25)23(16-4-3-5-17(26)12-16)30(27-15)14-21(31)29-10-8-28(9-11-29)18-6-7-19(24)20(13-18)32-2/h3-7,12-13H,8-11,14H2,1-2H3. The van der Waals surface area contributed by atoms with Crippen molar-refractivity contribution in [1.29, 1.82) is 0 Å². The average Bonchev–Trinajstić information content (AvgIpc) is 3.07. The van der Waals surface area contributed by atoms with Gasteiger partial charge in [-0.15, -0.1) is 0 Å². The van der Waals surface area contributed by atoms with Gasteiger partial charge in [0.25, 0.3) is 0 Å². The monoisotopic (exact) mass is 476 g/mol. The molecule has 1 aliphatic heterocycles. The smallest absolute Gasteiger partial charge is 0.244 e. The summed E-state index contributed by atoms with van der Waals surface area (Å²) in [6, 6.07) is 11.8. The van der Waals surface area contributed by atoms with Crippen LogP contribution in [0.2, 0.25) is 10.0 Å². The third-order valence-corrected chi connectivity index (χ3v) is 6.33. The van der Waals surface area contributed by atoms with E-state index in [2.05, 4.69) is 10.00 Å². The maximum Gasteiger partial charge on any atom is 0.244 e. The van der Waals surface area contributed by atoms with E-state index in [4.69, 9.17) is 27.9 Å². The van der Waals surface area contributed by atoms with Crippen LogP contribution in [0.5, 0.6) is 5.75 Å². The summed E-state index contributed by atoms with van der Waals surface area (Å²) in [6.07, 6.45) is 0. The lowest BCUT2D eigenvalue weighted by atomic mass is 10.1. The molecule has 168 valence electrons. The van der Waals surface area contributed by atoms with Crippen LogP contribution in [0.3, 0.4) is 0 Å². The number of aromatic nitrogens is 2.